The van der Waals surface area contributed by atoms with Gasteiger partial charge in [0.25, 0.3) is 0 Å². The minimum absolute atomic E-state index is 0.664. The van der Waals surface area contributed by atoms with Gasteiger partial charge in [-0.25, -0.2) is 0 Å². The van der Waals surface area contributed by atoms with Gasteiger partial charge in [-0.2, -0.15) is 34.8 Å². The molecule has 0 aliphatic rings. The third-order valence-corrected chi connectivity index (χ3v) is 1.89. The van der Waals surface area contributed by atoms with Gasteiger partial charge in [0.1, 0.15) is 0 Å². The Morgan fingerprint density at radius 2 is 1.33 bits per heavy atom. The molecule has 0 aromatic carbocycles. The van der Waals surface area contributed by atoms with E-state index >= 15 is 0 Å². The van der Waals surface area contributed by atoms with Crippen LogP contribution in [0.25, 0.3) is 0 Å². The molecule has 0 aliphatic heterocycles. The van der Waals surface area contributed by atoms with E-state index in [1.165, 1.54) is 0 Å². The Hall–Kier alpha value is -1.36. The highest BCUT2D eigenvalue weighted by Gasteiger charge is 2.44. The number of alkyl halides is 6. The Morgan fingerprint density at radius 1 is 1.00 bits per heavy atom. The van der Waals surface area contributed by atoms with Crippen LogP contribution in [0.4, 0.5) is 26.3 Å². The molecule has 1 aromatic heterocycles. The second-order valence-corrected chi connectivity index (χ2v) is 4.07. The first-order valence-electron chi connectivity index (χ1n) is 3.86. The van der Waals surface area contributed by atoms with Crippen molar-refractivity contribution >= 4 is 10.1 Å². The molecule has 0 bridgehead atoms. The fraction of sp³-hybridized carbons (Fsp3) is 0.286. The molecule has 0 spiro atoms. The van der Waals surface area contributed by atoms with Crippen LogP contribution in [0.15, 0.2) is 24.5 Å². The molecule has 1 N–H and O–H groups in total. The van der Waals surface area contributed by atoms with Crippen molar-refractivity contribution in [2.24, 2.45) is 0 Å². The fourth-order valence-corrected chi connectivity index (χ4v) is 0.541. The Morgan fingerprint density at radius 3 is 1.50 bits per heavy atom. The standard InChI is InChI=1S/C6H4F3N.CHF3O3S/c7-6(8,9)5-1-3-10-4-2-5;2-1(3,4)8(5,6)7/h1-4H;(H,5,6,7). The monoisotopic (exact) mass is 297 g/mol. The summed E-state index contributed by atoms with van der Waals surface area (Å²) in [6, 6.07) is 1.86. The SMILES string of the molecule is FC(F)(F)c1ccncc1.O=S(=O)(O)C(F)(F)F. The van der Waals surface area contributed by atoms with Gasteiger partial charge in [0.05, 0.1) is 5.56 Å². The van der Waals surface area contributed by atoms with E-state index in [0.717, 1.165) is 24.5 Å². The average Bonchev–Trinajstić information content (AvgIpc) is 2.15. The quantitative estimate of drug-likeness (QED) is 0.454. The molecule has 18 heavy (non-hydrogen) atoms. The molecule has 0 radical (unpaired) electrons. The molecule has 0 saturated heterocycles. The molecular weight excluding hydrogens is 292 g/mol. The van der Waals surface area contributed by atoms with Gasteiger partial charge in [-0.3, -0.25) is 9.54 Å². The van der Waals surface area contributed by atoms with Crippen LogP contribution in [0, 0.1) is 0 Å². The summed E-state index contributed by atoms with van der Waals surface area (Å²) in [7, 11) is -5.84. The molecule has 0 atom stereocenters. The van der Waals surface area contributed by atoms with Crippen molar-refractivity contribution in [3.05, 3.63) is 30.1 Å². The molecule has 0 aliphatic carbocycles. The molecule has 1 heterocycles. The molecule has 0 amide bonds. The molecule has 0 fully saturated rings. The van der Waals surface area contributed by atoms with Crippen LogP contribution in [0.5, 0.6) is 0 Å². The third-order valence-electron chi connectivity index (χ3n) is 1.30. The highest BCUT2D eigenvalue weighted by molar-refractivity contribution is 7.86. The molecule has 0 unspecified atom stereocenters. The third kappa shape index (κ3) is 5.82. The first-order valence-corrected chi connectivity index (χ1v) is 5.30. The number of hydrogen-bond donors (Lipinski definition) is 1. The van der Waals surface area contributed by atoms with Crippen LogP contribution in [-0.4, -0.2) is 23.5 Å². The Balaban J connectivity index is 0.000000331. The Kier molecular flexibility index (Phi) is 5.10. The Labute approximate surface area is 97.0 Å². The van der Waals surface area contributed by atoms with E-state index in [9.17, 15) is 26.3 Å². The summed E-state index contributed by atoms with van der Waals surface area (Å²) >= 11 is 0. The first-order chi connectivity index (χ1) is 7.86. The molecule has 104 valence electrons. The van der Waals surface area contributed by atoms with Gasteiger partial charge in [0, 0.05) is 12.4 Å². The predicted octanol–water partition coefficient (Wildman–Crippen LogP) is 2.49. The smallest absolute Gasteiger partial charge is 0.279 e. The zero-order chi connectivity index (χ0) is 14.6. The highest BCUT2D eigenvalue weighted by Crippen LogP contribution is 2.27. The zero-order valence-electron chi connectivity index (χ0n) is 8.20. The van der Waals surface area contributed by atoms with Crippen molar-refractivity contribution < 1.29 is 39.3 Å². The molecule has 0 saturated carbocycles. The van der Waals surface area contributed by atoms with Crippen LogP contribution in [-0.2, 0) is 16.3 Å². The maximum absolute atomic E-state index is 11.8. The van der Waals surface area contributed by atoms with Crippen LogP contribution in [0.2, 0.25) is 0 Å². The highest BCUT2D eigenvalue weighted by atomic mass is 32.2. The van der Waals surface area contributed by atoms with Crippen molar-refractivity contribution in [2.75, 3.05) is 0 Å². The van der Waals surface area contributed by atoms with E-state index < -0.39 is 27.4 Å². The summed E-state index contributed by atoms with van der Waals surface area (Å²) in [5.41, 5.74) is -6.20. The van der Waals surface area contributed by atoms with Crippen LogP contribution in [0.3, 0.4) is 0 Å². The normalized spacial score (nSPS) is 12.6. The van der Waals surface area contributed by atoms with E-state index in [4.69, 9.17) is 13.0 Å². The second kappa shape index (κ2) is 5.52. The molecule has 11 heteroatoms. The minimum atomic E-state index is -5.84. The second-order valence-electron chi connectivity index (χ2n) is 2.65. The van der Waals surface area contributed by atoms with Gasteiger partial charge in [0.15, 0.2) is 0 Å². The van der Waals surface area contributed by atoms with E-state index in [1.807, 2.05) is 0 Å². The lowest BCUT2D eigenvalue weighted by atomic mass is 10.3. The van der Waals surface area contributed by atoms with Gasteiger partial charge < -0.3 is 0 Å². The van der Waals surface area contributed by atoms with Crippen molar-refractivity contribution in [1.29, 1.82) is 0 Å². The van der Waals surface area contributed by atoms with Gasteiger partial charge in [-0.05, 0) is 12.1 Å². The van der Waals surface area contributed by atoms with Crippen LogP contribution < -0.4 is 0 Å². The van der Waals surface area contributed by atoms with Crippen molar-refractivity contribution in [2.45, 2.75) is 11.7 Å². The van der Waals surface area contributed by atoms with Crippen LogP contribution >= 0.6 is 0 Å². The van der Waals surface area contributed by atoms with Gasteiger partial charge >= 0.3 is 21.8 Å². The van der Waals surface area contributed by atoms with Crippen molar-refractivity contribution in [1.82, 2.24) is 4.98 Å². The molecule has 1 aromatic rings. The van der Waals surface area contributed by atoms with E-state index in [1.54, 1.807) is 0 Å². The molecule has 4 nitrogen and oxygen atoms in total. The summed E-state index contributed by atoms with van der Waals surface area (Å²) < 4.78 is 92.8. The lowest BCUT2D eigenvalue weighted by Gasteiger charge is -2.03. The summed E-state index contributed by atoms with van der Waals surface area (Å²) in [4.78, 5) is 3.46. The fourth-order valence-electron chi connectivity index (χ4n) is 0.541. The maximum atomic E-state index is 11.8. The first kappa shape index (κ1) is 16.6. The van der Waals surface area contributed by atoms with Crippen LogP contribution in [0.1, 0.15) is 5.56 Å². The number of hydrogen-bond acceptors (Lipinski definition) is 3. The van der Waals surface area contributed by atoms with Gasteiger partial charge in [-0.15, -0.1) is 0 Å². The minimum Gasteiger partial charge on any atom is -0.279 e. The van der Waals surface area contributed by atoms with E-state index in [-0.39, 0.29) is 0 Å². The maximum Gasteiger partial charge on any atom is 0.522 e. The summed E-state index contributed by atoms with van der Waals surface area (Å²) in [5, 5.41) is 0. The van der Waals surface area contributed by atoms with E-state index in [0.29, 0.717) is 0 Å². The number of halogens is 6. The van der Waals surface area contributed by atoms with Crippen molar-refractivity contribution in [3.63, 3.8) is 0 Å². The average molecular weight is 297 g/mol. The summed E-state index contributed by atoms with van der Waals surface area (Å²) in [6.45, 7) is 0. The number of pyridine rings is 1. The number of nitrogens with zero attached hydrogens (tertiary/aromatic N) is 1. The van der Waals surface area contributed by atoms with Gasteiger partial charge in [0.2, 0.25) is 0 Å². The molecule has 1 rings (SSSR count). The van der Waals surface area contributed by atoms with E-state index in [2.05, 4.69) is 4.98 Å². The summed E-state index contributed by atoms with van der Waals surface area (Å²) in [5.74, 6) is 0. The zero-order valence-corrected chi connectivity index (χ0v) is 9.01. The number of aromatic nitrogens is 1. The molecular formula is C7H5F6NO3S. The lowest BCUT2D eigenvalue weighted by molar-refractivity contribution is -0.137. The lowest BCUT2D eigenvalue weighted by Crippen LogP contribution is -2.21. The van der Waals surface area contributed by atoms with Gasteiger partial charge in [-0.1, -0.05) is 0 Å². The topological polar surface area (TPSA) is 67.3 Å². The Bertz CT molecular complexity index is 466. The predicted molar refractivity (Wildman–Crippen MR) is 46.8 cm³/mol. The summed E-state index contributed by atoms with van der Waals surface area (Å²) in [6.07, 6.45) is -2.02. The largest absolute Gasteiger partial charge is 0.522 e. The number of rotatable bonds is 0. The van der Waals surface area contributed by atoms with Crippen molar-refractivity contribution in [3.8, 4) is 0 Å².